The Morgan fingerprint density at radius 3 is 2.76 bits per heavy atom. The van der Waals surface area contributed by atoms with Gasteiger partial charge in [0.05, 0.1) is 31.4 Å². The van der Waals surface area contributed by atoms with E-state index >= 15 is 0 Å². The number of hydrogen-bond donors (Lipinski definition) is 1. The van der Waals surface area contributed by atoms with Crippen molar-refractivity contribution in [3.05, 3.63) is 36.4 Å². The van der Waals surface area contributed by atoms with Crippen molar-refractivity contribution < 1.29 is 5.11 Å². The number of fused-ring (bicyclic) bond motifs is 1. The average molecular weight is 278 g/mol. The zero-order valence-corrected chi connectivity index (χ0v) is 10.9. The van der Waals surface area contributed by atoms with Crippen LogP contribution in [0.5, 0.6) is 5.75 Å². The third kappa shape index (κ3) is 2.17. The van der Waals surface area contributed by atoms with Gasteiger partial charge in [0.1, 0.15) is 22.9 Å². The van der Waals surface area contributed by atoms with Gasteiger partial charge in [-0.1, -0.05) is 0 Å². The summed E-state index contributed by atoms with van der Waals surface area (Å²) in [6, 6.07) is 5.62. The van der Waals surface area contributed by atoms with E-state index in [4.69, 9.17) is 10.5 Å². The Labute approximate surface area is 119 Å². The first-order chi connectivity index (χ1) is 10.2. The van der Waals surface area contributed by atoms with Crippen LogP contribution in [0, 0.1) is 22.7 Å². The van der Waals surface area contributed by atoms with Gasteiger partial charge in [-0.15, -0.1) is 0 Å². The van der Waals surface area contributed by atoms with E-state index < -0.39 is 0 Å². The standard InChI is InChI=1S/C14H10N6O/c15-2-1-3-19-8-12(7-17-19)10-4-13(21)14-11(5-16)6-18-20(14)9-10/h4,6-9,21H,1,3H2. The minimum absolute atomic E-state index is 0.00803. The van der Waals surface area contributed by atoms with Gasteiger partial charge in [0.25, 0.3) is 0 Å². The van der Waals surface area contributed by atoms with Gasteiger partial charge in [0, 0.05) is 23.5 Å². The van der Waals surface area contributed by atoms with E-state index in [1.54, 1.807) is 29.3 Å². The molecule has 0 bridgehead atoms. The smallest absolute Gasteiger partial charge is 0.143 e. The highest BCUT2D eigenvalue weighted by Gasteiger charge is 2.12. The lowest BCUT2D eigenvalue weighted by molar-refractivity contribution is 0.478. The van der Waals surface area contributed by atoms with Crippen molar-refractivity contribution in [1.82, 2.24) is 19.4 Å². The third-order valence-electron chi connectivity index (χ3n) is 3.13. The lowest BCUT2D eigenvalue weighted by Crippen LogP contribution is -1.96. The van der Waals surface area contributed by atoms with Crippen molar-refractivity contribution in [2.75, 3.05) is 0 Å². The molecule has 0 amide bonds. The van der Waals surface area contributed by atoms with Crippen LogP contribution in [-0.2, 0) is 6.54 Å². The first-order valence-corrected chi connectivity index (χ1v) is 6.23. The molecule has 1 N–H and O–H groups in total. The highest BCUT2D eigenvalue weighted by atomic mass is 16.3. The van der Waals surface area contributed by atoms with E-state index in [0.29, 0.717) is 24.0 Å². The molecule has 0 aliphatic carbocycles. The van der Waals surface area contributed by atoms with Crippen LogP contribution in [0.2, 0.25) is 0 Å². The summed E-state index contributed by atoms with van der Waals surface area (Å²) >= 11 is 0. The van der Waals surface area contributed by atoms with Gasteiger partial charge in [-0.05, 0) is 6.07 Å². The SMILES string of the molecule is N#CCCn1cc(-c2cc(O)c3c(C#N)cnn3c2)cn1. The molecule has 102 valence electrons. The molecule has 0 unspecified atom stereocenters. The van der Waals surface area contributed by atoms with Gasteiger partial charge in [-0.3, -0.25) is 4.68 Å². The second-order valence-electron chi connectivity index (χ2n) is 4.48. The van der Waals surface area contributed by atoms with Gasteiger partial charge < -0.3 is 5.11 Å². The molecule has 3 aromatic rings. The quantitative estimate of drug-likeness (QED) is 0.785. The Morgan fingerprint density at radius 1 is 1.14 bits per heavy atom. The van der Waals surface area contributed by atoms with E-state index in [-0.39, 0.29) is 5.75 Å². The molecule has 0 aliphatic heterocycles. The second kappa shape index (κ2) is 4.99. The summed E-state index contributed by atoms with van der Waals surface area (Å²) in [5.41, 5.74) is 2.25. The fourth-order valence-corrected chi connectivity index (χ4v) is 2.14. The summed E-state index contributed by atoms with van der Waals surface area (Å²) in [7, 11) is 0. The van der Waals surface area contributed by atoms with Gasteiger partial charge in [-0.2, -0.15) is 20.7 Å². The second-order valence-corrected chi connectivity index (χ2v) is 4.48. The van der Waals surface area contributed by atoms with Crippen molar-refractivity contribution in [2.45, 2.75) is 13.0 Å². The summed E-state index contributed by atoms with van der Waals surface area (Å²) in [5, 5.41) is 35.8. The Hall–Kier alpha value is -3.32. The average Bonchev–Trinajstić information content (AvgIpc) is 3.11. The molecule has 3 rings (SSSR count). The van der Waals surface area contributed by atoms with Gasteiger partial charge in [0.2, 0.25) is 0 Å². The molecule has 0 aliphatic rings. The van der Waals surface area contributed by atoms with Crippen molar-refractivity contribution in [3.63, 3.8) is 0 Å². The molecule has 0 saturated heterocycles. The highest BCUT2D eigenvalue weighted by Crippen LogP contribution is 2.28. The molecule has 21 heavy (non-hydrogen) atoms. The summed E-state index contributed by atoms with van der Waals surface area (Å²) in [6.45, 7) is 0.519. The van der Waals surface area contributed by atoms with Crippen molar-refractivity contribution in [2.24, 2.45) is 0 Å². The molecule has 0 fully saturated rings. The van der Waals surface area contributed by atoms with Crippen LogP contribution in [0.15, 0.2) is 30.9 Å². The Morgan fingerprint density at radius 2 is 2.00 bits per heavy atom. The fraction of sp³-hybridized carbons (Fsp3) is 0.143. The number of pyridine rings is 1. The van der Waals surface area contributed by atoms with Crippen molar-refractivity contribution >= 4 is 5.52 Å². The van der Waals surface area contributed by atoms with E-state index in [2.05, 4.69) is 16.3 Å². The highest BCUT2D eigenvalue weighted by molar-refractivity contribution is 5.74. The van der Waals surface area contributed by atoms with Crippen LogP contribution in [0.4, 0.5) is 0 Å². The van der Waals surface area contributed by atoms with Crippen molar-refractivity contribution in [1.29, 1.82) is 10.5 Å². The van der Waals surface area contributed by atoms with Crippen LogP contribution < -0.4 is 0 Å². The minimum Gasteiger partial charge on any atom is -0.506 e. The minimum atomic E-state index is -0.00803. The number of aryl methyl sites for hydroxylation is 1. The third-order valence-corrected chi connectivity index (χ3v) is 3.13. The maximum atomic E-state index is 10.1. The summed E-state index contributed by atoms with van der Waals surface area (Å²) < 4.78 is 3.14. The van der Waals surface area contributed by atoms with E-state index in [0.717, 1.165) is 11.1 Å². The molecule has 7 heteroatoms. The van der Waals surface area contributed by atoms with Crippen LogP contribution in [0.25, 0.3) is 16.6 Å². The Bertz CT molecular complexity index is 892. The summed E-state index contributed by atoms with van der Waals surface area (Å²) in [4.78, 5) is 0. The largest absolute Gasteiger partial charge is 0.506 e. The van der Waals surface area contributed by atoms with Crippen LogP contribution in [0.3, 0.4) is 0 Å². The number of aromatic hydroxyl groups is 1. The fourth-order valence-electron chi connectivity index (χ4n) is 2.14. The number of rotatable bonds is 3. The monoisotopic (exact) mass is 278 g/mol. The summed E-state index contributed by atoms with van der Waals surface area (Å²) in [6.07, 6.45) is 6.98. The van der Waals surface area contributed by atoms with Crippen molar-refractivity contribution in [3.8, 4) is 29.0 Å². The number of nitriles is 2. The number of aromatic nitrogens is 4. The molecule has 7 nitrogen and oxygen atoms in total. The van der Waals surface area contributed by atoms with E-state index in [1.807, 2.05) is 6.07 Å². The van der Waals surface area contributed by atoms with Gasteiger partial charge in [-0.25, -0.2) is 4.52 Å². The van der Waals surface area contributed by atoms with Crippen LogP contribution >= 0.6 is 0 Å². The first-order valence-electron chi connectivity index (χ1n) is 6.23. The Kier molecular flexibility index (Phi) is 3.02. The van der Waals surface area contributed by atoms with Gasteiger partial charge >= 0.3 is 0 Å². The maximum Gasteiger partial charge on any atom is 0.143 e. The van der Waals surface area contributed by atoms with Crippen LogP contribution in [0.1, 0.15) is 12.0 Å². The van der Waals surface area contributed by atoms with E-state index in [1.165, 1.54) is 10.7 Å². The first kappa shape index (κ1) is 12.7. The molecule has 0 aromatic carbocycles. The zero-order chi connectivity index (χ0) is 14.8. The van der Waals surface area contributed by atoms with E-state index in [9.17, 15) is 5.11 Å². The molecule has 0 spiro atoms. The molecular formula is C14H10N6O. The summed E-state index contributed by atoms with van der Waals surface area (Å²) in [5.74, 6) is -0.00803. The predicted octanol–water partition coefficient (Wildman–Crippen LogP) is 1.69. The number of nitrogens with zero attached hydrogens (tertiary/aromatic N) is 6. The zero-order valence-electron chi connectivity index (χ0n) is 10.9. The number of hydrogen-bond acceptors (Lipinski definition) is 5. The predicted molar refractivity (Wildman–Crippen MR) is 73.0 cm³/mol. The Balaban J connectivity index is 2.04. The molecule has 0 saturated carbocycles. The molecule has 0 radical (unpaired) electrons. The van der Waals surface area contributed by atoms with Crippen LogP contribution in [-0.4, -0.2) is 24.5 Å². The lowest BCUT2D eigenvalue weighted by Gasteiger charge is -2.02. The molecular weight excluding hydrogens is 268 g/mol. The molecule has 3 aromatic heterocycles. The lowest BCUT2D eigenvalue weighted by atomic mass is 10.1. The normalized spacial score (nSPS) is 10.4. The molecule has 0 atom stereocenters. The molecule has 3 heterocycles. The topological polar surface area (TPSA) is 103 Å². The van der Waals surface area contributed by atoms with Gasteiger partial charge in [0.15, 0.2) is 0 Å². The maximum absolute atomic E-state index is 10.1.